The number of nitrogens with zero attached hydrogens (tertiary/aromatic N) is 3. The van der Waals surface area contributed by atoms with Crippen LogP contribution in [-0.2, 0) is 4.79 Å². The summed E-state index contributed by atoms with van der Waals surface area (Å²) in [6, 6.07) is 13.8. The molecule has 1 aliphatic heterocycles. The lowest BCUT2D eigenvalue weighted by Crippen LogP contribution is -2.29. The summed E-state index contributed by atoms with van der Waals surface area (Å²) in [5.74, 6) is 0.644. The second-order valence-corrected chi connectivity index (χ2v) is 6.00. The fourth-order valence-corrected chi connectivity index (χ4v) is 3.07. The number of rotatable bonds is 4. The van der Waals surface area contributed by atoms with Gasteiger partial charge in [-0.3, -0.25) is 4.79 Å². The van der Waals surface area contributed by atoms with Gasteiger partial charge in [-0.25, -0.2) is 0 Å². The molecule has 108 valence electrons. The smallest absolute Gasteiger partial charge is 0.232 e. The van der Waals surface area contributed by atoms with Crippen LogP contribution in [0.5, 0.6) is 0 Å². The first-order valence-corrected chi connectivity index (χ1v) is 8.11. The summed E-state index contributed by atoms with van der Waals surface area (Å²) >= 11 is 1.45. The van der Waals surface area contributed by atoms with Gasteiger partial charge in [0.2, 0.25) is 5.91 Å². The molecule has 0 saturated carbocycles. The Morgan fingerprint density at radius 2 is 1.81 bits per heavy atom. The van der Waals surface area contributed by atoms with E-state index in [1.165, 1.54) is 11.8 Å². The summed E-state index contributed by atoms with van der Waals surface area (Å²) in [7, 11) is 0. The van der Waals surface area contributed by atoms with Crippen LogP contribution in [0, 0.1) is 0 Å². The van der Waals surface area contributed by atoms with Crippen LogP contribution >= 0.6 is 11.8 Å². The molecule has 0 unspecified atom stereocenters. The van der Waals surface area contributed by atoms with Crippen molar-refractivity contribution < 1.29 is 4.79 Å². The number of likely N-dealkylation sites (tertiary alicyclic amines) is 1. The number of benzene rings is 1. The number of hydrogen-bond acceptors (Lipinski definition) is 4. The molecule has 3 rings (SSSR count). The molecule has 1 saturated heterocycles. The van der Waals surface area contributed by atoms with Crippen LogP contribution in [-0.4, -0.2) is 39.8 Å². The van der Waals surface area contributed by atoms with Gasteiger partial charge in [-0.2, -0.15) is 0 Å². The van der Waals surface area contributed by atoms with E-state index in [2.05, 4.69) is 10.2 Å². The molecule has 0 aliphatic carbocycles. The first kappa shape index (κ1) is 14.1. The molecule has 1 amide bonds. The highest BCUT2D eigenvalue weighted by molar-refractivity contribution is 7.99. The molecule has 0 spiro atoms. The van der Waals surface area contributed by atoms with Crippen molar-refractivity contribution in [2.24, 2.45) is 0 Å². The van der Waals surface area contributed by atoms with Crippen LogP contribution in [0.3, 0.4) is 0 Å². The van der Waals surface area contributed by atoms with E-state index in [0.717, 1.165) is 42.2 Å². The molecule has 2 aromatic rings. The summed E-state index contributed by atoms with van der Waals surface area (Å²) in [6.45, 7) is 1.80. The van der Waals surface area contributed by atoms with Crippen LogP contribution in [0.15, 0.2) is 47.5 Å². The Labute approximate surface area is 128 Å². The first-order chi connectivity index (χ1) is 10.3. The SMILES string of the molecule is O=C(CSc1ccc(-c2ccccc2)nn1)N1CCCC1. The highest BCUT2D eigenvalue weighted by Gasteiger charge is 2.17. The summed E-state index contributed by atoms with van der Waals surface area (Å²) in [5.41, 5.74) is 1.90. The summed E-state index contributed by atoms with van der Waals surface area (Å²) in [5, 5.41) is 9.22. The number of thioether (sulfide) groups is 1. The minimum absolute atomic E-state index is 0.200. The number of hydrogen-bond donors (Lipinski definition) is 0. The largest absolute Gasteiger partial charge is 0.342 e. The lowest BCUT2D eigenvalue weighted by molar-refractivity contribution is -0.127. The minimum atomic E-state index is 0.200. The van der Waals surface area contributed by atoms with E-state index in [1.807, 2.05) is 47.4 Å². The Bertz CT molecular complexity index is 595. The Hall–Kier alpha value is -1.88. The Morgan fingerprint density at radius 3 is 2.48 bits per heavy atom. The van der Waals surface area contributed by atoms with E-state index < -0.39 is 0 Å². The molecule has 1 fully saturated rings. The van der Waals surface area contributed by atoms with Gasteiger partial charge in [0.25, 0.3) is 0 Å². The maximum Gasteiger partial charge on any atom is 0.232 e. The topological polar surface area (TPSA) is 46.1 Å². The molecule has 21 heavy (non-hydrogen) atoms. The standard InChI is InChI=1S/C16H17N3OS/c20-16(19-10-4-5-11-19)12-21-15-9-8-14(17-18-15)13-6-2-1-3-7-13/h1-3,6-9H,4-5,10-12H2. The molecule has 0 N–H and O–H groups in total. The molecule has 2 heterocycles. The quantitative estimate of drug-likeness (QED) is 0.814. The van der Waals surface area contributed by atoms with Gasteiger partial charge in [0.05, 0.1) is 11.4 Å². The zero-order chi connectivity index (χ0) is 14.5. The summed E-state index contributed by atoms with van der Waals surface area (Å²) in [4.78, 5) is 13.9. The van der Waals surface area contributed by atoms with Crippen molar-refractivity contribution in [3.8, 4) is 11.3 Å². The monoisotopic (exact) mass is 299 g/mol. The predicted octanol–water partition coefficient (Wildman–Crippen LogP) is 2.86. The zero-order valence-corrected chi connectivity index (χ0v) is 12.6. The van der Waals surface area contributed by atoms with Crippen LogP contribution in [0.2, 0.25) is 0 Å². The summed E-state index contributed by atoms with van der Waals surface area (Å²) < 4.78 is 0. The normalized spacial score (nSPS) is 14.4. The molecule has 5 heteroatoms. The van der Waals surface area contributed by atoms with Gasteiger partial charge in [-0.1, -0.05) is 42.1 Å². The Morgan fingerprint density at radius 1 is 1.05 bits per heavy atom. The minimum Gasteiger partial charge on any atom is -0.342 e. The third kappa shape index (κ3) is 3.61. The van der Waals surface area contributed by atoms with Crippen molar-refractivity contribution in [2.75, 3.05) is 18.8 Å². The fourth-order valence-electron chi connectivity index (χ4n) is 2.35. The molecular formula is C16H17N3OS. The first-order valence-electron chi connectivity index (χ1n) is 7.13. The number of carbonyl (C=O) groups excluding carboxylic acids is 1. The van der Waals surface area contributed by atoms with Crippen molar-refractivity contribution in [1.29, 1.82) is 0 Å². The van der Waals surface area contributed by atoms with E-state index in [-0.39, 0.29) is 5.91 Å². The van der Waals surface area contributed by atoms with Crippen LogP contribution in [0.25, 0.3) is 11.3 Å². The van der Waals surface area contributed by atoms with Gasteiger partial charge in [0.1, 0.15) is 5.03 Å². The molecule has 1 aromatic carbocycles. The highest BCUT2D eigenvalue weighted by Crippen LogP contribution is 2.20. The van der Waals surface area contributed by atoms with Crippen LogP contribution in [0.1, 0.15) is 12.8 Å². The molecule has 0 bridgehead atoms. The number of amides is 1. The number of carbonyl (C=O) groups is 1. The third-order valence-corrected chi connectivity index (χ3v) is 4.42. The van der Waals surface area contributed by atoms with E-state index in [9.17, 15) is 4.79 Å². The third-order valence-electron chi connectivity index (χ3n) is 3.51. The van der Waals surface area contributed by atoms with Crippen molar-refractivity contribution in [1.82, 2.24) is 15.1 Å². The maximum absolute atomic E-state index is 12.0. The van der Waals surface area contributed by atoms with Crippen molar-refractivity contribution in [2.45, 2.75) is 17.9 Å². The van der Waals surface area contributed by atoms with Crippen molar-refractivity contribution >= 4 is 17.7 Å². The van der Waals surface area contributed by atoms with Gasteiger partial charge in [-0.05, 0) is 25.0 Å². The lowest BCUT2D eigenvalue weighted by atomic mass is 10.1. The van der Waals surface area contributed by atoms with Gasteiger partial charge in [-0.15, -0.1) is 10.2 Å². The van der Waals surface area contributed by atoms with Crippen molar-refractivity contribution in [3.05, 3.63) is 42.5 Å². The molecular weight excluding hydrogens is 282 g/mol. The second kappa shape index (κ2) is 6.72. The zero-order valence-electron chi connectivity index (χ0n) is 11.7. The fraction of sp³-hybridized carbons (Fsp3) is 0.312. The Balaban J connectivity index is 1.58. The van der Waals surface area contributed by atoms with Gasteiger partial charge >= 0.3 is 0 Å². The molecule has 1 aromatic heterocycles. The van der Waals surface area contributed by atoms with E-state index in [1.54, 1.807) is 0 Å². The van der Waals surface area contributed by atoms with Crippen LogP contribution < -0.4 is 0 Å². The molecule has 0 atom stereocenters. The Kier molecular flexibility index (Phi) is 4.50. The molecule has 1 aliphatic rings. The van der Waals surface area contributed by atoms with Crippen LogP contribution in [0.4, 0.5) is 0 Å². The predicted molar refractivity (Wildman–Crippen MR) is 84.0 cm³/mol. The lowest BCUT2D eigenvalue weighted by Gasteiger charge is -2.14. The van der Waals surface area contributed by atoms with Gasteiger partial charge in [0.15, 0.2) is 0 Å². The average molecular weight is 299 g/mol. The van der Waals surface area contributed by atoms with E-state index in [4.69, 9.17) is 0 Å². The molecule has 4 nitrogen and oxygen atoms in total. The average Bonchev–Trinajstić information content (AvgIpc) is 3.08. The van der Waals surface area contributed by atoms with Gasteiger partial charge in [0, 0.05) is 18.7 Å². The number of aromatic nitrogens is 2. The maximum atomic E-state index is 12.0. The van der Waals surface area contributed by atoms with Gasteiger partial charge < -0.3 is 4.90 Å². The van der Waals surface area contributed by atoms with Crippen molar-refractivity contribution in [3.63, 3.8) is 0 Å². The highest BCUT2D eigenvalue weighted by atomic mass is 32.2. The second-order valence-electron chi connectivity index (χ2n) is 5.00. The van der Waals surface area contributed by atoms with E-state index in [0.29, 0.717) is 5.75 Å². The summed E-state index contributed by atoms with van der Waals surface area (Å²) in [6.07, 6.45) is 2.25. The molecule has 0 radical (unpaired) electrons. The van der Waals surface area contributed by atoms with E-state index >= 15 is 0 Å².